The number of carbonyl (C=O) groups excluding carboxylic acids is 2. The topological polar surface area (TPSA) is 78.5 Å². The molecule has 154 valence electrons. The first-order valence-electron chi connectivity index (χ1n) is 9.59. The van der Waals surface area contributed by atoms with E-state index in [0.29, 0.717) is 48.9 Å². The molecule has 7 nitrogen and oxygen atoms in total. The Hall–Kier alpha value is -3.68. The first-order valence-corrected chi connectivity index (χ1v) is 9.59. The van der Waals surface area contributed by atoms with E-state index in [1.54, 1.807) is 29.0 Å². The van der Waals surface area contributed by atoms with Crippen molar-refractivity contribution in [2.75, 3.05) is 33.3 Å². The molecule has 2 amide bonds. The van der Waals surface area contributed by atoms with E-state index < -0.39 is 5.82 Å². The monoisotopic (exact) mass is 408 g/mol. The normalized spacial score (nSPS) is 13.9. The van der Waals surface area contributed by atoms with E-state index >= 15 is 0 Å². The van der Waals surface area contributed by atoms with Crippen molar-refractivity contribution in [2.24, 2.45) is 0 Å². The van der Waals surface area contributed by atoms with E-state index in [9.17, 15) is 14.0 Å². The zero-order chi connectivity index (χ0) is 21.1. The number of nitrogens with zero attached hydrogens (tertiary/aromatic N) is 3. The molecule has 1 N–H and O–H groups in total. The molecule has 8 heteroatoms. The van der Waals surface area contributed by atoms with E-state index in [4.69, 9.17) is 4.74 Å². The number of hydrogen-bond acceptors (Lipinski definition) is 4. The molecule has 2 heterocycles. The van der Waals surface area contributed by atoms with Crippen LogP contribution in [0.3, 0.4) is 0 Å². The third-order valence-electron chi connectivity index (χ3n) is 5.10. The highest BCUT2D eigenvalue weighted by Gasteiger charge is 2.26. The van der Waals surface area contributed by atoms with Crippen LogP contribution in [0.1, 0.15) is 20.8 Å². The molecule has 1 aliphatic rings. The van der Waals surface area contributed by atoms with Crippen LogP contribution in [0.4, 0.5) is 4.39 Å². The summed E-state index contributed by atoms with van der Waals surface area (Å²) in [5, 5.41) is 7.04. The van der Waals surface area contributed by atoms with E-state index in [1.165, 1.54) is 18.2 Å². The van der Waals surface area contributed by atoms with Gasteiger partial charge in [0.1, 0.15) is 17.3 Å². The Kier molecular flexibility index (Phi) is 5.47. The van der Waals surface area contributed by atoms with Gasteiger partial charge in [-0.1, -0.05) is 18.2 Å². The van der Waals surface area contributed by atoms with E-state index in [1.807, 2.05) is 24.3 Å². The molecule has 2 aromatic carbocycles. The summed E-state index contributed by atoms with van der Waals surface area (Å²) >= 11 is 0. The van der Waals surface area contributed by atoms with Gasteiger partial charge < -0.3 is 14.5 Å². The first kappa shape index (κ1) is 19.6. The van der Waals surface area contributed by atoms with E-state index in [-0.39, 0.29) is 11.8 Å². The van der Waals surface area contributed by atoms with Crippen molar-refractivity contribution in [1.82, 2.24) is 20.0 Å². The van der Waals surface area contributed by atoms with Gasteiger partial charge in [0.15, 0.2) is 0 Å². The predicted molar refractivity (Wildman–Crippen MR) is 109 cm³/mol. The molecule has 0 atom stereocenters. The van der Waals surface area contributed by atoms with Crippen LogP contribution in [-0.2, 0) is 0 Å². The molecule has 1 aliphatic heterocycles. The zero-order valence-corrected chi connectivity index (χ0v) is 16.5. The maximum Gasteiger partial charge on any atom is 0.272 e. The fourth-order valence-electron chi connectivity index (χ4n) is 3.45. The number of aromatic amines is 1. The van der Waals surface area contributed by atoms with Crippen LogP contribution in [0.25, 0.3) is 11.3 Å². The van der Waals surface area contributed by atoms with E-state index in [2.05, 4.69) is 10.2 Å². The average molecular weight is 408 g/mol. The summed E-state index contributed by atoms with van der Waals surface area (Å²) in [5.41, 5.74) is 2.19. The molecule has 1 aromatic heterocycles. The van der Waals surface area contributed by atoms with Gasteiger partial charge in [-0.25, -0.2) is 4.39 Å². The van der Waals surface area contributed by atoms with Crippen molar-refractivity contribution >= 4 is 11.8 Å². The smallest absolute Gasteiger partial charge is 0.272 e. The molecule has 0 aliphatic carbocycles. The number of aromatic nitrogens is 2. The molecule has 3 aromatic rings. The number of benzene rings is 2. The number of halogens is 1. The third kappa shape index (κ3) is 4.03. The second kappa shape index (κ2) is 8.36. The fourth-order valence-corrected chi connectivity index (χ4v) is 3.45. The number of ether oxygens (including phenoxy) is 1. The number of nitrogens with one attached hydrogen (secondary N) is 1. The number of carbonyl (C=O) groups is 2. The molecule has 0 spiro atoms. The van der Waals surface area contributed by atoms with E-state index in [0.717, 1.165) is 5.56 Å². The second-order valence-electron chi connectivity index (χ2n) is 6.99. The lowest BCUT2D eigenvalue weighted by atomic mass is 10.1. The third-order valence-corrected chi connectivity index (χ3v) is 5.10. The largest absolute Gasteiger partial charge is 0.497 e. The van der Waals surface area contributed by atoms with Crippen LogP contribution in [-0.4, -0.2) is 65.1 Å². The number of H-pyrrole nitrogens is 1. The quantitative estimate of drug-likeness (QED) is 0.720. The van der Waals surface area contributed by atoms with Crippen molar-refractivity contribution < 1.29 is 18.7 Å². The minimum Gasteiger partial charge on any atom is -0.497 e. The highest BCUT2D eigenvalue weighted by atomic mass is 19.1. The van der Waals surface area contributed by atoms with Crippen LogP contribution < -0.4 is 4.74 Å². The molecule has 4 rings (SSSR count). The van der Waals surface area contributed by atoms with Gasteiger partial charge in [0.25, 0.3) is 11.8 Å². The van der Waals surface area contributed by atoms with Gasteiger partial charge in [-0.3, -0.25) is 14.7 Å². The molecule has 1 saturated heterocycles. The summed E-state index contributed by atoms with van der Waals surface area (Å²) in [5.74, 6) is -0.138. The number of hydrogen-bond donors (Lipinski definition) is 1. The number of piperazine rings is 1. The van der Waals surface area contributed by atoms with Crippen molar-refractivity contribution in [3.63, 3.8) is 0 Å². The van der Waals surface area contributed by atoms with Gasteiger partial charge in [0, 0.05) is 37.3 Å². The highest BCUT2D eigenvalue weighted by Crippen LogP contribution is 2.23. The maximum atomic E-state index is 13.4. The molecule has 0 radical (unpaired) electrons. The van der Waals surface area contributed by atoms with Crippen LogP contribution in [0.5, 0.6) is 5.75 Å². The lowest BCUT2D eigenvalue weighted by Gasteiger charge is -2.34. The molecule has 0 unspecified atom stereocenters. The van der Waals surface area contributed by atoms with Gasteiger partial charge in [-0.05, 0) is 36.4 Å². The Balaban J connectivity index is 1.40. The minimum atomic E-state index is -0.444. The fraction of sp³-hybridized carbons (Fsp3) is 0.227. The molecular formula is C22H21FN4O3. The Morgan fingerprint density at radius 1 is 0.967 bits per heavy atom. The van der Waals surface area contributed by atoms with Crippen LogP contribution in [0, 0.1) is 5.82 Å². The summed E-state index contributed by atoms with van der Waals surface area (Å²) in [7, 11) is 1.59. The predicted octanol–water partition coefficient (Wildman–Crippen LogP) is 2.82. The number of methoxy groups -OCH3 is 1. The SMILES string of the molecule is COc1cccc(-c2cc(C(=O)N3CCN(C(=O)c4cccc(F)c4)CC3)[nH]n2)c1. The molecule has 0 bridgehead atoms. The summed E-state index contributed by atoms with van der Waals surface area (Å²) in [6.45, 7) is 1.57. The second-order valence-corrected chi connectivity index (χ2v) is 6.99. The number of amides is 2. The van der Waals surface area contributed by atoms with Crippen molar-refractivity contribution in [1.29, 1.82) is 0 Å². The minimum absolute atomic E-state index is 0.172. The van der Waals surface area contributed by atoms with Crippen molar-refractivity contribution in [3.05, 3.63) is 71.7 Å². The van der Waals surface area contributed by atoms with Gasteiger partial charge in [-0.15, -0.1) is 0 Å². The molecule has 0 saturated carbocycles. The van der Waals surface area contributed by atoms with Gasteiger partial charge in [0.05, 0.1) is 12.8 Å². The van der Waals surface area contributed by atoms with Crippen LogP contribution in [0.2, 0.25) is 0 Å². The van der Waals surface area contributed by atoms with Crippen LogP contribution >= 0.6 is 0 Å². The number of rotatable bonds is 4. The van der Waals surface area contributed by atoms with Gasteiger partial charge in [-0.2, -0.15) is 5.10 Å². The van der Waals surface area contributed by atoms with Crippen LogP contribution in [0.15, 0.2) is 54.6 Å². The first-order chi connectivity index (χ1) is 14.5. The Morgan fingerprint density at radius 3 is 2.37 bits per heavy atom. The maximum absolute atomic E-state index is 13.4. The molecular weight excluding hydrogens is 387 g/mol. The highest BCUT2D eigenvalue weighted by molar-refractivity contribution is 5.95. The van der Waals surface area contributed by atoms with Crippen molar-refractivity contribution in [2.45, 2.75) is 0 Å². The van der Waals surface area contributed by atoms with Crippen molar-refractivity contribution in [3.8, 4) is 17.0 Å². The summed E-state index contributed by atoms with van der Waals surface area (Å²) < 4.78 is 18.6. The summed E-state index contributed by atoms with van der Waals surface area (Å²) in [6, 6.07) is 14.8. The standard InChI is InChI=1S/C22H21FN4O3/c1-30-18-7-3-4-15(13-18)19-14-20(25-24-19)22(29)27-10-8-26(9-11-27)21(28)16-5-2-6-17(23)12-16/h2-7,12-14H,8-11H2,1H3,(H,24,25). The summed E-state index contributed by atoms with van der Waals surface area (Å²) in [4.78, 5) is 28.7. The summed E-state index contributed by atoms with van der Waals surface area (Å²) in [6.07, 6.45) is 0. The molecule has 30 heavy (non-hydrogen) atoms. The average Bonchev–Trinajstić information content (AvgIpc) is 3.28. The van der Waals surface area contributed by atoms with Gasteiger partial charge >= 0.3 is 0 Å². The van der Waals surface area contributed by atoms with Gasteiger partial charge in [0.2, 0.25) is 0 Å². The Labute approximate surface area is 173 Å². The lowest BCUT2D eigenvalue weighted by Crippen LogP contribution is -2.50. The zero-order valence-electron chi connectivity index (χ0n) is 16.5. The Morgan fingerprint density at radius 2 is 1.67 bits per heavy atom. The molecule has 1 fully saturated rings. The lowest BCUT2D eigenvalue weighted by molar-refractivity contribution is 0.0532. The Bertz CT molecular complexity index is 1070.